The summed E-state index contributed by atoms with van der Waals surface area (Å²) in [5, 5.41) is 9.20. The maximum absolute atomic E-state index is 11.0. The molecule has 2 aromatic rings. The molecule has 0 saturated heterocycles. The highest BCUT2D eigenvalue weighted by atomic mass is 79.9. The number of aromatic carboxylic acids is 1. The highest BCUT2D eigenvalue weighted by Gasteiger charge is 2.13. The highest BCUT2D eigenvalue weighted by molar-refractivity contribution is 9.10. The second-order valence-corrected chi connectivity index (χ2v) is 4.53. The third kappa shape index (κ3) is 2.96. The van der Waals surface area contributed by atoms with Crippen molar-refractivity contribution in [3.8, 4) is 11.6 Å². The van der Waals surface area contributed by atoms with E-state index in [1.807, 2.05) is 0 Å². The molecule has 0 bridgehead atoms. The zero-order valence-corrected chi connectivity index (χ0v) is 11.1. The van der Waals surface area contributed by atoms with Crippen LogP contribution in [0.4, 0.5) is 0 Å². The third-order valence-corrected chi connectivity index (χ3v) is 2.65. The van der Waals surface area contributed by atoms with E-state index in [4.69, 9.17) is 21.4 Å². The van der Waals surface area contributed by atoms with Crippen LogP contribution in [0.15, 0.2) is 35.1 Å². The van der Waals surface area contributed by atoms with Gasteiger partial charge in [0, 0.05) is 4.47 Å². The van der Waals surface area contributed by atoms with Gasteiger partial charge >= 0.3 is 5.97 Å². The lowest BCUT2D eigenvalue weighted by Gasteiger charge is -2.08. The van der Waals surface area contributed by atoms with Gasteiger partial charge in [-0.05, 0) is 18.2 Å². The van der Waals surface area contributed by atoms with Gasteiger partial charge in [0.25, 0.3) is 0 Å². The van der Waals surface area contributed by atoms with Crippen LogP contribution in [-0.2, 0) is 0 Å². The summed E-state index contributed by atoms with van der Waals surface area (Å²) in [6.45, 7) is 0. The molecule has 1 heterocycles. The van der Waals surface area contributed by atoms with Crippen LogP contribution in [-0.4, -0.2) is 21.0 Å². The smallest absolute Gasteiger partial charge is 0.339 e. The van der Waals surface area contributed by atoms with Crippen LogP contribution in [0.1, 0.15) is 10.4 Å². The fourth-order valence-electron chi connectivity index (χ4n) is 1.24. The molecule has 0 fully saturated rings. The Kier molecular flexibility index (Phi) is 3.78. The average Bonchev–Trinajstić information content (AvgIpc) is 2.28. The van der Waals surface area contributed by atoms with Gasteiger partial charge in [-0.15, -0.1) is 0 Å². The maximum Gasteiger partial charge on any atom is 0.339 e. The number of benzene rings is 1. The molecule has 2 rings (SSSR count). The average molecular weight is 330 g/mol. The minimum Gasteiger partial charge on any atom is -0.478 e. The first kappa shape index (κ1) is 12.8. The molecule has 7 heteroatoms. The van der Waals surface area contributed by atoms with Crippen molar-refractivity contribution < 1.29 is 14.6 Å². The predicted molar refractivity (Wildman–Crippen MR) is 68.2 cm³/mol. The van der Waals surface area contributed by atoms with E-state index < -0.39 is 5.97 Å². The Labute approximate surface area is 116 Å². The van der Waals surface area contributed by atoms with E-state index in [0.717, 1.165) is 0 Å². The maximum atomic E-state index is 11.0. The molecule has 0 aliphatic rings. The SMILES string of the molecule is O=C(O)c1ccc(Br)cc1Oc1cncc(Cl)n1. The molecular weight excluding hydrogens is 323 g/mol. The third-order valence-electron chi connectivity index (χ3n) is 1.97. The molecule has 92 valence electrons. The predicted octanol–water partition coefficient (Wildman–Crippen LogP) is 3.38. The molecule has 0 unspecified atom stereocenters. The normalized spacial score (nSPS) is 10.1. The highest BCUT2D eigenvalue weighted by Crippen LogP contribution is 2.27. The van der Waals surface area contributed by atoms with E-state index in [2.05, 4.69) is 25.9 Å². The number of hydrogen-bond acceptors (Lipinski definition) is 4. The number of hydrogen-bond donors (Lipinski definition) is 1. The summed E-state index contributed by atoms with van der Waals surface area (Å²) in [5.41, 5.74) is 0.0278. The minimum absolute atomic E-state index is 0.0278. The molecule has 0 spiro atoms. The van der Waals surface area contributed by atoms with E-state index >= 15 is 0 Å². The number of carboxylic acids is 1. The van der Waals surface area contributed by atoms with Crippen molar-refractivity contribution in [1.29, 1.82) is 0 Å². The summed E-state index contributed by atoms with van der Waals surface area (Å²) in [7, 11) is 0. The second kappa shape index (κ2) is 5.32. The molecule has 0 aliphatic heterocycles. The molecule has 18 heavy (non-hydrogen) atoms. The summed E-state index contributed by atoms with van der Waals surface area (Å²) >= 11 is 8.90. The van der Waals surface area contributed by atoms with E-state index in [0.29, 0.717) is 4.47 Å². The Morgan fingerprint density at radius 2 is 2.17 bits per heavy atom. The van der Waals surface area contributed by atoms with Crippen LogP contribution in [0.3, 0.4) is 0 Å². The van der Waals surface area contributed by atoms with Crippen LogP contribution >= 0.6 is 27.5 Å². The molecule has 5 nitrogen and oxygen atoms in total. The van der Waals surface area contributed by atoms with Gasteiger partial charge in [-0.3, -0.25) is 4.98 Å². The lowest BCUT2D eigenvalue weighted by atomic mass is 10.2. The van der Waals surface area contributed by atoms with E-state index in [-0.39, 0.29) is 22.3 Å². The van der Waals surface area contributed by atoms with Gasteiger partial charge in [0.05, 0.1) is 12.4 Å². The lowest BCUT2D eigenvalue weighted by Crippen LogP contribution is -2.00. The van der Waals surface area contributed by atoms with Gasteiger partial charge in [-0.2, -0.15) is 4.98 Å². The fraction of sp³-hybridized carbons (Fsp3) is 0. The number of nitrogens with zero attached hydrogens (tertiary/aromatic N) is 2. The van der Waals surface area contributed by atoms with Gasteiger partial charge in [-0.25, -0.2) is 4.79 Å². The molecule has 0 radical (unpaired) electrons. The van der Waals surface area contributed by atoms with Crippen molar-refractivity contribution in [3.63, 3.8) is 0 Å². The summed E-state index contributed by atoms with van der Waals surface area (Å²) in [6, 6.07) is 4.58. The Morgan fingerprint density at radius 1 is 1.39 bits per heavy atom. The number of carbonyl (C=O) groups is 1. The van der Waals surface area contributed by atoms with Crippen LogP contribution in [0.5, 0.6) is 11.6 Å². The molecule has 0 aliphatic carbocycles. The number of ether oxygens (including phenoxy) is 1. The van der Waals surface area contributed by atoms with Crippen LogP contribution < -0.4 is 4.74 Å². The van der Waals surface area contributed by atoms with Crippen molar-refractivity contribution in [2.45, 2.75) is 0 Å². The first-order chi connectivity index (χ1) is 8.56. The minimum atomic E-state index is -1.09. The Hall–Kier alpha value is -1.66. The largest absolute Gasteiger partial charge is 0.478 e. The Balaban J connectivity index is 2.39. The van der Waals surface area contributed by atoms with Crippen molar-refractivity contribution in [2.75, 3.05) is 0 Å². The zero-order chi connectivity index (χ0) is 13.1. The van der Waals surface area contributed by atoms with Gasteiger partial charge < -0.3 is 9.84 Å². The summed E-state index contributed by atoms with van der Waals surface area (Å²) < 4.78 is 6.06. The fourth-order valence-corrected chi connectivity index (χ4v) is 1.72. The first-order valence-electron chi connectivity index (χ1n) is 4.74. The van der Waals surface area contributed by atoms with Gasteiger partial charge in [0.15, 0.2) is 5.15 Å². The van der Waals surface area contributed by atoms with E-state index in [1.54, 1.807) is 6.07 Å². The van der Waals surface area contributed by atoms with Crippen molar-refractivity contribution in [2.24, 2.45) is 0 Å². The zero-order valence-electron chi connectivity index (χ0n) is 8.80. The number of rotatable bonds is 3. The monoisotopic (exact) mass is 328 g/mol. The topological polar surface area (TPSA) is 72.3 Å². The van der Waals surface area contributed by atoms with Crippen molar-refractivity contribution in [3.05, 3.63) is 45.8 Å². The van der Waals surface area contributed by atoms with Crippen molar-refractivity contribution in [1.82, 2.24) is 9.97 Å². The summed E-state index contributed by atoms with van der Waals surface area (Å²) in [6.07, 6.45) is 2.70. The molecule has 0 atom stereocenters. The number of aromatic nitrogens is 2. The Bertz CT molecular complexity index is 607. The summed E-state index contributed by atoms with van der Waals surface area (Å²) in [4.78, 5) is 18.7. The molecule has 1 N–H and O–H groups in total. The van der Waals surface area contributed by atoms with Gasteiger partial charge in [0.1, 0.15) is 11.3 Å². The lowest BCUT2D eigenvalue weighted by molar-refractivity contribution is 0.0694. The molecule has 0 amide bonds. The quantitative estimate of drug-likeness (QED) is 0.934. The van der Waals surface area contributed by atoms with E-state index in [9.17, 15) is 4.79 Å². The van der Waals surface area contributed by atoms with Gasteiger partial charge in [0.2, 0.25) is 5.88 Å². The van der Waals surface area contributed by atoms with Crippen LogP contribution in [0.2, 0.25) is 5.15 Å². The number of carboxylic acid groups (broad SMARTS) is 1. The standard InChI is InChI=1S/C11H6BrClN2O3/c12-6-1-2-7(11(16)17)8(3-6)18-10-5-14-4-9(13)15-10/h1-5H,(H,16,17). The molecule has 0 saturated carbocycles. The molecule has 1 aromatic carbocycles. The second-order valence-electron chi connectivity index (χ2n) is 3.23. The Morgan fingerprint density at radius 3 is 2.83 bits per heavy atom. The summed E-state index contributed by atoms with van der Waals surface area (Å²) in [5.74, 6) is -0.802. The number of halogens is 2. The first-order valence-corrected chi connectivity index (χ1v) is 5.91. The molecule has 1 aromatic heterocycles. The molecular formula is C11H6BrClN2O3. The van der Waals surface area contributed by atoms with Crippen molar-refractivity contribution >= 4 is 33.5 Å². The van der Waals surface area contributed by atoms with E-state index in [1.165, 1.54) is 24.5 Å². The van der Waals surface area contributed by atoms with Gasteiger partial charge in [-0.1, -0.05) is 27.5 Å². The van der Waals surface area contributed by atoms with Crippen LogP contribution in [0, 0.1) is 0 Å². The van der Waals surface area contributed by atoms with Crippen LogP contribution in [0.25, 0.3) is 0 Å².